The summed E-state index contributed by atoms with van der Waals surface area (Å²) in [6.07, 6.45) is 1.48. The van der Waals surface area contributed by atoms with Crippen molar-refractivity contribution in [3.8, 4) is 11.5 Å². The molecule has 2 N–H and O–H groups in total. The lowest BCUT2D eigenvalue weighted by Crippen LogP contribution is -2.33. The first-order chi connectivity index (χ1) is 10.5. The Kier molecular flexibility index (Phi) is 7.22. The first-order valence-electron chi connectivity index (χ1n) is 7.22. The molecule has 0 aliphatic heterocycles. The standard InChI is InChI=1S/C16H23NO5/c1-4-5-12(16(19)20)10-17-15(18)9-11-6-7-13(21-2)14(8-11)22-3/h6-8,12H,4-5,9-10H2,1-3H3,(H,17,18)(H,19,20). The average Bonchev–Trinajstić information content (AvgIpc) is 2.50. The fraction of sp³-hybridized carbons (Fsp3) is 0.500. The fourth-order valence-electron chi connectivity index (χ4n) is 2.14. The van der Waals surface area contributed by atoms with Crippen LogP contribution in [-0.4, -0.2) is 37.7 Å². The van der Waals surface area contributed by atoms with Gasteiger partial charge >= 0.3 is 5.97 Å². The largest absolute Gasteiger partial charge is 0.493 e. The second-order valence-corrected chi connectivity index (χ2v) is 4.99. The number of hydrogen-bond donors (Lipinski definition) is 2. The van der Waals surface area contributed by atoms with Gasteiger partial charge in [-0.1, -0.05) is 19.4 Å². The minimum Gasteiger partial charge on any atom is -0.493 e. The summed E-state index contributed by atoms with van der Waals surface area (Å²) in [6, 6.07) is 5.25. The molecule has 6 nitrogen and oxygen atoms in total. The van der Waals surface area contributed by atoms with Crippen LogP contribution in [0.15, 0.2) is 18.2 Å². The highest BCUT2D eigenvalue weighted by molar-refractivity contribution is 5.79. The molecule has 0 fully saturated rings. The van der Waals surface area contributed by atoms with Crippen molar-refractivity contribution in [2.75, 3.05) is 20.8 Å². The van der Waals surface area contributed by atoms with Gasteiger partial charge in [-0.2, -0.15) is 0 Å². The Morgan fingerprint density at radius 2 is 1.91 bits per heavy atom. The van der Waals surface area contributed by atoms with Gasteiger partial charge in [0, 0.05) is 6.54 Å². The van der Waals surface area contributed by atoms with E-state index in [-0.39, 0.29) is 18.9 Å². The van der Waals surface area contributed by atoms with Crippen LogP contribution in [0.5, 0.6) is 11.5 Å². The molecule has 0 saturated carbocycles. The minimum absolute atomic E-state index is 0.148. The van der Waals surface area contributed by atoms with Crippen LogP contribution < -0.4 is 14.8 Å². The lowest BCUT2D eigenvalue weighted by molar-refractivity contribution is -0.141. The van der Waals surface area contributed by atoms with Crippen molar-refractivity contribution < 1.29 is 24.2 Å². The summed E-state index contributed by atoms with van der Waals surface area (Å²) in [5.41, 5.74) is 0.775. The number of methoxy groups -OCH3 is 2. The van der Waals surface area contributed by atoms with Crippen LogP contribution in [0.2, 0.25) is 0 Å². The van der Waals surface area contributed by atoms with Gasteiger partial charge in [-0.3, -0.25) is 9.59 Å². The number of aliphatic carboxylic acids is 1. The van der Waals surface area contributed by atoms with Gasteiger partial charge in [0.25, 0.3) is 0 Å². The topological polar surface area (TPSA) is 84.9 Å². The van der Waals surface area contributed by atoms with Crippen LogP contribution in [-0.2, 0) is 16.0 Å². The van der Waals surface area contributed by atoms with E-state index in [4.69, 9.17) is 14.6 Å². The number of carbonyl (C=O) groups excluding carboxylic acids is 1. The monoisotopic (exact) mass is 309 g/mol. The van der Waals surface area contributed by atoms with E-state index in [1.54, 1.807) is 25.3 Å². The molecule has 1 aromatic rings. The van der Waals surface area contributed by atoms with Crippen molar-refractivity contribution in [1.29, 1.82) is 0 Å². The Balaban J connectivity index is 2.59. The molecule has 6 heteroatoms. The van der Waals surface area contributed by atoms with Crippen LogP contribution in [0.3, 0.4) is 0 Å². The van der Waals surface area contributed by atoms with Crippen molar-refractivity contribution in [2.24, 2.45) is 5.92 Å². The summed E-state index contributed by atoms with van der Waals surface area (Å²) in [4.78, 5) is 23.0. The van der Waals surface area contributed by atoms with Gasteiger partial charge < -0.3 is 19.9 Å². The quantitative estimate of drug-likeness (QED) is 0.727. The summed E-state index contributed by atoms with van der Waals surface area (Å²) >= 11 is 0. The minimum atomic E-state index is -0.881. The van der Waals surface area contributed by atoms with E-state index in [2.05, 4.69) is 5.32 Å². The number of benzene rings is 1. The predicted molar refractivity (Wildman–Crippen MR) is 82.3 cm³/mol. The molecule has 0 bridgehead atoms. The molecule has 1 rings (SSSR count). The fourth-order valence-corrected chi connectivity index (χ4v) is 2.14. The smallest absolute Gasteiger partial charge is 0.308 e. The summed E-state index contributed by atoms with van der Waals surface area (Å²) in [5, 5.41) is 11.7. The number of rotatable bonds is 9. The number of carboxylic acid groups (broad SMARTS) is 1. The Morgan fingerprint density at radius 1 is 1.23 bits per heavy atom. The highest BCUT2D eigenvalue weighted by Gasteiger charge is 2.17. The Morgan fingerprint density at radius 3 is 2.45 bits per heavy atom. The molecule has 1 aromatic carbocycles. The molecule has 122 valence electrons. The number of carbonyl (C=O) groups is 2. The SMILES string of the molecule is CCCC(CNC(=O)Cc1ccc(OC)c(OC)c1)C(=O)O. The maximum Gasteiger partial charge on any atom is 0.308 e. The van der Waals surface area contributed by atoms with Gasteiger partial charge in [-0.15, -0.1) is 0 Å². The second kappa shape index (κ2) is 8.92. The molecule has 1 unspecified atom stereocenters. The zero-order chi connectivity index (χ0) is 16.5. The van der Waals surface area contributed by atoms with Crippen molar-refractivity contribution in [3.63, 3.8) is 0 Å². The van der Waals surface area contributed by atoms with E-state index in [1.165, 1.54) is 7.11 Å². The lowest BCUT2D eigenvalue weighted by Gasteiger charge is -2.13. The van der Waals surface area contributed by atoms with Crippen LogP contribution in [0, 0.1) is 5.92 Å². The molecule has 0 aliphatic carbocycles. The van der Waals surface area contributed by atoms with Crippen molar-refractivity contribution in [3.05, 3.63) is 23.8 Å². The molecule has 0 spiro atoms. The molecular weight excluding hydrogens is 286 g/mol. The summed E-state index contributed by atoms with van der Waals surface area (Å²) < 4.78 is 10.3. The summed E-state index contributed by atoms with van der Waals surface area (Å²) in [5.74, 6) is -0.482. The maximum atomic E-state index is 11.9. The van der Waals surface area contributed by atoms with Crippen molar-refractivity contribution in [2.45, 2.75) is 26.2 Å². The molecule has 0 aliphatic rings. The third-order valence-electron chi connectivity index (χ3n) is 3.34. The first-order valence-corrected chi connectivity index (χ1v) is 7.22. The molecule has 0 aromatic heterocycles. The van der Waals surface area contributed by atoms with Gasteiger partial charge in [0.1, 0.15) is 0 Å². The van der Waals surface area contributed by atoms with Crippen molar-refractivity contribution >= 4 is 11.9 Å². The van der Waals surface area contributed by atoms with E-state index in [0.717, 1.165) is 12.0 Å². The zero-order valence-electron chi connectivity index (χ0n) is 13.2. The van der Waals surface area contributed by atoms with E-state index in [1.807, 2.05) is 6.92 Å². The van der Waals surface area contributed by atoms with E-state index in [0.29, 0.717) is 17.9 Å². The molecule has 1 atom stereocenters. The normalized spacial score (nSPS) is 11.6. The van der Waals surface area contributed by atoms with E-state index < -0.39 is 11.9 Å². The third kappa shape index (κ3) is 5.27. The van der Waals surface area contributed by atoms with Crippen molar-refractivity contribution in [1.82, 2.24) is 5.32 Å². The zero-order valence-corrected chi connectivity index (χ0v) is 13.2. The maximum absolute atomic E-state index is 11.9. The van der Waals surface area contributed by atoms with Crippen LogP contribution in [0.1, 0.15) is 25.3 Å². The molecular formula is C16H23NO5. The second-order valence-electron chi connectivity index (χ2n) is 4.99. The van der Waals surface area contributed by atoms with Crippen LogP contribution >= 0.6 is 0 Å². The van der Waals surface area contributed by atoms with Gasteiger partial charge in [-0.05, 0) is 24.1 Å². The van der Waals surface area contributed by atoms with E-state index >= 15 is 0 Å². The molecule has 0 saturated heterocycles. The highest BCUT2D eigenvalue weighted by atomic mass is 16.5. The Bertz CT molecular complexity index is 515. The molecule has 0 heterocycles. The number of carboxylic acids is 1. The predicted octanol–water partition coefficient (Wildman–Crippen LogP) is 1.86. The third-order valence-corrected chi connectivity index (χ3v) is 3.34. The number of amides is 1. The Hall–Kier alpha value is -2.24. The lowest BCUT2D eigenvalue weighted by atomic mass is 10.0. The first kappa shape index (κ1) is 17.8. The summed E-state index contributed by atoms with van der Waals surface area (Å²) in [7, 11) is 3.08. The van der Waals surface area contributed by atoms with Crippen LogP contribution in [0.25, 0.3) is 0 Å². The summed E-state index contributed by atoms with van der Waals surface area (Å²) in [6.45, 7) is 2.07. The molecule has 22 heavy (non-hydrogen) atoms. The average molecular weight is 309 g/mol. The highest BCUT2D eigenvalue weighted by Crippen LogP contribution is 2.27. The van der Waals surface area contributed by atoms with Gasteiger partial charge in [-0.25, -0.2) is 0 Å². The molecule has 0 radical (unpaired) electrons. The number of nitrogens with one attached hydrogen (secondary N) is 1. The van der Waals surface area contributed by atoms with Gasteiger partial charge in [0.05, 0.1) is 26.6 Å². The van der Waals surface area contributed by atoms with Gasteiger partial charge in [0.15, 0.2) is 11.5 Å². The van der Waals surface area contributed by atoms with E-state index in [9.17, 15) is 9.59 Å². The number of ether oxygens (including phenoxy) is 2. The Labute approximate surface area is 130 Å². The van der Waals surface area contributed by atoms with Crippen LogP contribution in [0.4, 0.5) is 0 Å². The van der Waals surface area contributed by atoms with Gasteiger partial charge in [0.2, 0.25) is 5.91 Å². The molecule has 1 amide bonds. The number of hydrogen-bond acceptors (Lipinski definition) is 4.